The molecule has 0 saturated heterocycles. The van der Waals surface area contributed by atoms with Gasteiger partial charge in [-0.1, -0.05) is 34.1 Å². The van der Waals surface area contributed by atoms with E-state index >= 15 is 0 Å². The molecule has 0 amide bonds. The van der Waals surface area contributed by atoms with Crippen LogP contribution in [0.15, 0.2) is 46.9 Å². The van der Waals surface area contributed by atoms with E-state index in [1.54, 1.807) is 6.07 Å². The summed E-state index contributed by atoms with van der Waals surface area (Å²) >= 11 is 3.43. The number of anilines is 1. The molecule has 94 valence electrons. The van der Waals surface area contributed by atoms with Gasteiger partial charge in [-0.2, -0.15) is 5.26 Å². The van der Waals surface area contributed by atoms with Crippen molar-refractivity contribution < 1.29 is 4.74 Å². The molecule has 1 aliphatic heterocycles. The molecule has 0 radical (unpaired) electrons. The normalized spacial score (nSPS) is 16.3. The van der Waals surface area contributed by atoms with Crippen LogP contribution in [0, 0.1) is 11.3 Å². The van der Waals surface area contributed by atoms with Crippen molar-refractivity contribution in [1.82, 2.24) is 0 Å². The molecule has 2 aromatic carbocycles. The lowest BCUT2D eigenvalue weighted by Gasteiger charge is -2.14. The SMILES string of the molecule is N#Cc1ccc(Br)cc1NC1COc2ccccc21. The minimum absolute atomic E-state index is 0.0811. The van der Waals surface area contributed by atoms with E-state index in [0.717, 1.165) is 21.5 Å². The summed E-state index contributed by atoms with van der Waals surface area (Å²) in [6.45, 7) is 0.580. The molecule has 3 rings (SSSR count). The predicted molar refractivity (Wildman–Crippen MR) is 77.2 cm³/mol. The quantitative estimate of drug-likeness (QED) is 0.915. The maximum atomic E-state index is 9.14. The van der Waals surface area contributed by atoms with Gasteiger partial charge in [-0.3, -0.25) is 0 Å². The van der Waals surface area contributed by atoms with Crippen LogP contribution in [0.3, 0.4) is 0 Å². The molecule has 0 aliphatic carbocycles. The minimum atomic E-state index is 0.0811. The number of benzene rings is 2. The van der Waals surface area contributed by atoms with Crippen LogP contribution in [0.2, 0.25) is 0 Å². The molecule has 0 spiro atoms. The molecule has 0 aromatic heterocycles. The Kier molecular flexibility index (Phi) is 3.14. The third kappa shape index (κ3) is 2.29. The summed E-state index contributed by atoms with van der Waals surface area (Å²) in [7, 11) is 0. The average Bonchev–Trinajstić information content (AvgIpc) is 2.83. The fourth-order valence-electron chi connectivity index (χ4n) is 2.20. The second-order valence-electron chi connectivity index (χ2n) is 4.35. The summed E-state index contributed by atoms with van der Waals surface area (Å²) < 4.78 is 6.58. The van der Waals surface area contributed by atoms with Gasteiger partial charge >= 0.3 is 0 Å². The highest BCUT2D eigenvalue weighted by molar-refractivity contribution is 9.10. The van der Waals surface area contributed by atoms with E-state index in [0.29, 0.717) is 12.2 Å². The first-order valence-corrected chi connectivity index (χ1v) is 6.75. The number of halogens is 1. The molecule has 19 heavy (non-hydrogen) atoms. The van der Waals surface area contributed by atoms with Crippen molar-refractivity contribution in [3.05, 3.63) is 58.1 Å². The van der Waals surface area contributed by atoms with E-state index in [2.05, 4.69) is 27.3 Å². The summed E-state index contributed by atoms with van der Waals surface area (Å²) in [4.78, 5) is 0. The molecular formula is C15H11BrN2O. The van der Waals surface area contributed by atoms with Crippen LogP contribution in [0.4, 0.5) is 5.69 Å². The fourth-order valence-corrected chi connectivity index (χ4v) is 2.56. The summed E-state index contributed by atoms with van der Waals surface area (Å²) in [6.07, 6.45) is 0. The zero-order chi connectivity index (χ0) is 13.2. The van der Waals surface area contributed by atoms with Crippen LogP contribution in [0.25, 0.3) is 0 Å². The van der Waals surface area contributed by atoms with Gasteiger partial charge in [-0.15, -0.1) is 0 Å². The van der Waals surface area contributed by atoms with Crippen molar-refractivity contribution in [2.45, 2.75) is 6.04 Å². The van der Waals surface area contributed by atoms with Gasteiger partial charge < -0.3 is 10.1 Å². The highest BCUT2D eigenvalue weighted by atomic mass is 79.9. The number of rotatable bonds is 2. The zero-order valence-electron chi connectivity index (χ0n) is 10.1. The van der Waals surface area contributed by atoms with Crippen molar-refractivity contribution in [3.63, 3.8) is 0 Å². The van der Waals surface area contributed by atoms with Crippen LogP contribution in [0.5, 0.6) is 5.75 Å². The van der Waals surface area contributed by atoms with Gasteiger partial charge in [0.2, 0.25) is 0 Å². The lowest BCUT2D eigenvalue weighted by molar-refractivity contribution is 0.340. The van der Waals surface area contributed by atoms with Crippen LogP contribution in [-0.4, -0.2) is 6.61 Å². The van der Waals surface area contributed by atoms with Gasteiger partial charge in [0.25, 0.3) is 0 Å². The third-order valence-electron chi connectivity index (χ3n) is 3.13. The molecule has 2 aromatic rings. The standard InChI is InChI=1S/C15H11BrN2O/c16-11-6-5-10(8-17)13(7-11)18-14-9-19-15-4-2-1-3-12(14)15/h1-7,14,18H,9H2. The Bertz CT molecular complexity index is 663. The van der Waals surface area contributed by atoms with E-state index in [4.69, 9.17) is 10.00 Å². The number of nitrogens with zero attached hydrogens (tertiary/aromatic N) is 1. The van der Waals surface area contributed by atoms with Crippen molar-refractivity contribution in [2.24, 2.45) is 0 Å². The number of ether oxygens (including phenoxy) is 1. The Hall–Kier alpha value is -1.99. The van der Waals surface area contributed by atoms with Crippen molar-refractivity contribution in [1.29, 1.82) is 5.26 Å². The van der Waals surface area contributed by atoms with E-state index in [-0.39, 0.29) is 6.04 Å². The first kappa shape index (κ1) is 12.1. The van der Waals surface area contributed by atoms with Gasteiger partial charge in [0.1, 0.15) is 18.4 Å². The highest BCUT2D eigenvalue weighted by Gasteiger charge is 2.24. The van der Waals surface area contributed by atoms with E-state index in [1.165, 1.54) is 0 Å². The molecule has 1 atom stereocenters. The molecular weight excluding hydrogens is 304 g/mol. The first-order chi connectivity index (χ1) is 9.28. The maximum absolute atomic E-state index is 9.14. The lowest BCUT2D eigenvalue weighted by Crippen LogP contribution is -2.12. The Morgan fingerprint density at radius 3 is 2.95 bits per heavy atom. The first-order valence-electron chi connectivity index (χ1n) is 5.96. The molecule has 3 nitrogen and oxygen atoms in total. The van der Waals surface area contributed by atoms with E-state index in [9.17, 15) is 0 Å². The second-order valence-corrected chi connectivity index (χ2v) is 5.26. The molecule has 0 fully saturated rings. The van der Waals surface area contributed by atoms with Gasteiger partial charge in [0.15, 0.2) is 0 Å². The van der Waals surface area contributed by atoms with Crippen LogP contribution in [-0.2, 0) is 0 Å². The molecule has 4 heteroatoms. The number of fused-ring (bicyclic) bond motifs is 1. The predicted octanol–water partition coefficient (Wildman–Crippen LogP) is 3.87. The molecule has 1 unspecified atom stereocenters. The lowest BCUT2D eigenvalue weighted by atomic mass is 10.1. The topological polar surface area (TPSA) is 45.0 Å². The maximum Gasteiger partial charge on any atom is 0.124 e. The van der Waals surface area contributed by atoms with Crippen molar-refractivity contribution in [2.75, 3.05) is 11.9 Å². The Morgan fingerprint density at radius 1 is 1.26 bits per heavy atom. The van der Waals surface area contributed by atoms with Gasteiger partial charge in [-0.25, -0.2) is 0 Å². The zero-order valence-corrected chi connectivity index (χ0v) is 11.6. The summed E-state index contributed by atoms with van der Waals surface area (Å²) in [6, 6.07) is 15.8. The number of nitrogens with one attached hydrogen (secondary N) is 1. The molecule has 1 aliphatic rings. The highest BCUT2D eigenvalue weighted by Crippen LogP contribution is 2.35. The molecule has 1 heterocycles. The van der Waals surface area contributed by atoms with Gasteiger partial charge in [-0.05, 0) is 24.3 Å². The summed E-state index contributed by atoms with van der Waals surface area (Å²) in [5.74, 6) is 0.911. The summed E-state index contributed by atoms with van der Waals surface area (Å²) in [5, 5.41) is 12.5. The molecule has 0 bridgehead atoms. The Morgan fingerprint density at radius 2 is 2.11 bits per heavy atom. The Balaban J connectivity index is 1.92. The van der Waals surface area contributed by atoms with Crippen LogP contribution in [0.1, 0.15) is 17.2 Å². The number of hydrogen-bond acceptors (Lipinski definition) is 3. The van der Waals surface area contributed by atoms with Crippen LogP contribution >= 0.6 is 15.9 Å². The number of para-hydroxylation sites is 1. The van der Waals surface area contributed by atoms with E-state index in [1.807, 2.05) is 36.4 Å². The van der Waals surface area contributed by atoms with E-state index < -0.39 is 0 Å². The Labute approximate surface area is 120 Å². The van der Waals surface area contributed by atoms with Crippen molar-refractivity contribution in [3.8, 4) is 11.8 Å². The largest absolute Gasteiger partial charge is 0.491 e. The average molecular weight is 315 g/mol. The third-order valence-corrected chi connectivity index (χ3v) is 3.62. The minimum Gasteiger partial charge on any atom is -0.491 e. The smallest absolute Gasteiger partial charge is 0.124 e. The molecule has 1 N–H and O–H groups in total. The van der Waals surface area contributed by atoms with Gasteiger partial charge in [0.05, 0.1) is 17.3 Å². The second kappa shape index (κ2) is 4.94. The monoisotopic (exact) mass is 314 g/mol. The summed E-state index contributed by atoms with van der Waals surface area (Å²) in [5.41, 5.74) is 2.58. The van der Waals surface area contributed by atoms with Gasteiger partial charge in [0, 0.05) is 10.0 Å². The molecule has 0 saturated carbocycles. The fraction of sp³-hybridized carbons (Fsp3) is 0.133. The van der Waals surface area contributed by atoms with Crippen molar-refractivity contribution >= 4 is 21.6 Å². The number of hydrogen-bond donors (Lipinski definition) is 1. The number of nitriles is 1. The van der Waals surface area contributed by atoms with Crippen LogP contribution < -0.4 is 10.1 Å².